The standard InChI is InChI=1S/C16H17NO2/c1-2-12-3-5-13(6-4-12)16(18)11-19-15-9-7-14(17)8-10-15/h3-10H,2,11,17H2,1H3. The second-order valence-corrected chi connectivity index (χ2v) is 4.33. The number of ether oxygens (including phenoxy) is 1. The lowest BCUT2D eigenvalue weighted by atomic mass is 10.1. The van der Waals surface area contributed by atoms with Gasteiger partial charge in [0.15, 0.2) is 12.4 Å². The fraction of sp³-hybridized carbons (Fsp3) is 0.188. The monoisotopic (exact) mass is 255 g/mol. The fourth-order valence-corrected chi connectivity index (χ4v) is 1.72. The van der Waals surface area contributed by atoms with Crippen molar-refractivity contribution in [1.29, 1.82) is 0 Å². The van der Waals surface area contributed by atoms with Gasteiger partial charge < -0.3 is 10.5 Å². The Morgan fingerprint density at radius 1 is 1.05 bits per heavy atom. The Balaban J connectivity index is 1.95. The molecule has 0 aliphatic heterocycles. The number of ketones is 1. The van der Waals surface area contributed by atoms with Crippen LogP contribution in [0.2, 0.25) is 0 Å². The number of nitrogens with two attached hydrogens (primary N) is 1. The summed E-state index contributed by atoms with van der Waals surface area (Å²) in [7, 11) is 0. The molecule has 2 aromatic rings. The van der Waals surface area contributed by atoms with E-state index in [0.717, 1.165) is 6.42 Å². The van der Waals surface area contributed by atoms with Gasteiger partial charge in [0.25, 0.3) is 0 Å². The molecule has 0 saturated carbocycles. The first-order valence-corrected chi connectivity index (χ1v) is 6.29. The van der Waals surface area contributed by atoms with Gasteiger partial charge in [0.05, 0.1) is 0 Å². The Morgan fingerprint density at radius 2 is 1.68 bits per heavy atom. The summed E-state index contributed by atoms with van der Waals surface area (Å²) < 4.78 is 5.43. The molecule has 2 rings (SSSR count). The van der Waals surface area contributed by atoms with E-state index in [0.29, 0.717) is 17.0 Å². The Hall–Kier alpha value is -2.29. The number of carbonyl (C=O) groups is 1. The van der Waals surface area contributed by atoms with E-state index in [9.17, 15) is 4.79 Å². The van der Waals surface area contributed by atoms with Crippen LogP contribution in [0.1, 0.15) is 22.8 Å². The van der Waals surface area contributed by atoms with Crippen LogP contribution in [0.25, 0.3) is 0 Å². The lowest BCUT2D eigenvalue weighted by Crippen LogP contribution is -2.11. The number of hydrogen-bond donors (Lipinski definition) is 1. The summed E-state index contributed by atoms with van der Waals surface area (Å²) in [6.45, 7) is 2.12. The molecule has 0 aliphatic rings. The lowest BCUT2D eigenvalue weighted by molar-refractivity contribution is 0.0921. The molecule has 98 valence electrons. The van der Waals surface area contributed by atoms with E-state index in [2.05, 4.69) is 6.92 Å². The van der Waals surface area contributed by atoms with Gasteiger partial charge in [-0.15, -0.1) is 0 Å². The van der Waals surface area contributed by atoms with Crippen molar-refractivity contribution in [2.24, 2.45) is 0 Å². The Bertz CT molecular complexity index is 544. The molecule has 0 saturated heterocycles. The van der Waals surface area contributed by atoms with Crippen LogP contribution in [0.15, 0.2) is 48.5 Å². The van der Waals surface area contributed by atoms with Crippen LogP contribution in [-0.2, 0) is 6.42 Å². The van der Waals surface area contributed by atoms with E-state index in [-0.39, 0.29) is 12.4 Å². The molecule has 0 spiro atoms. The number of nitrogen functional groups attached to an aromatic ring is 1. The summed E-state index contributed by atoms with van der Waals surface area (Å²) in [6, 6.07) is 14.6. The van der Waals surface area contributed by atoms with Gasteiger partial charge in [-0.3, -0.25) is 4.79 Å². The third kappa shape index (κ3) is 3.58. The topological polar surface area (TPSA) is 52.3 Å². The zero-order valence-corrected chi connectivity index (χ0v) is 10.9. The predicted octanol–water partition coefficient (Wildman–Crippen LogP) is 3.09. The largest absolute Gasteiger partial charge is 0.485 e. The third-order valence-electron chi connectivity index (χ3n) is 2.93. The maximum Gasteiger partial charge on any atom is 0.200 e. The molecule has 0 aromatic heterocycles. The second kappa shape index (κ2) is 6.05. The molecule has 0 bridgehead atoms. The van der Waals surface area contributed by atoms with E-state index in [1.807, 2.05) is 24.3 Å². The van der Waals surface area contributed by atoms with Crippen LogP contribution in [0, 0.1) is 0 Å². The van der Waals surface area contributed by atoms with Crippen LogP contribution < -0.4 is 10.5 Å². The summed E-state index contributed by atoms with van der Waals surface area (Å²) in [6.07, 6.45) is 0.969. The fourth-order valence-electron chi connectivity index (χ4n) is 1.72. The highest BCUT2D eigenvalue weighted by Crippen LogP contribution is 2.14. The summed E-state index contributed by atoms with van der Waals surface area (Å²) in [5, 5.41) is 0. The number of aryl methyl sites for hydroxylation is 1. The Morgan fingerprint density at radius 3 is 2.26 bits per heavy atom. The zero-order valence-electron chi connectivity index (χ0n) is 10.9. The first-order valence-electron chi connectivity index (χ1n) is 6.29. The normalized spacial score (nSPS) is 10.2. The molecule has 0 atom stereocenters. The van der Waals surface area contributed by atoms with Crippen LogP contribution in [0.4, 0.5) is 5.69 Å². The van der Waals surface area contributed by atoms with Crippen LogP contribution in [-0.4, -0.2) is 12.4 Å². The zero-order chi connectivity index (χ0) is 13.7. The Kier molecular flexibility index (Phi) is 4.18. The minimum absolute atomic E-state index is 0.0283. The molecule has 0 radical (unpaired) electrons. The van der Waals surface area contributed by atoms with E-state index < -0.39 is 0 Å². The van der Waals surface area contributed by atoms with E-state index >= 15 is 0 Å². The molecule has 0 aliphatic carbocycles. The first-order chi connectivity index (χ1) is 9.19. The van der Waals surface area contributed by atoms with Crippen LogP contribution >= 0.6 is 0 Å². The number of Topliss-reactive ketones (excluding diaryl/α,β-unsaturated/α-hetero) is 1. The minimum atomic E-state index is -0.0283. The Labute approximate surface area is 113 Å². The van der Waals surface area contributed by atoms with Crippen molar-refractivity contribution in [2.45, 2.75) is 13.3 Å². The second-order valence-electron chi connectivity index (χ2n) is 4.33. The van der Waals surface area contributed by atoms with Crippen LogP contribution in [0.5, 0.6) is 5.75 Å². The highest BCUT2D eigenvalue weighted by atomic mass is 16.5. The summed E-state index contributed by atoms with van der Waals surface area (Å²) in [5.41, 5.74) is 8.15. The number of rotatable bonds is 5. The van der Waals surface area contributed by atoms with Gasteiger partial charge in [0.2, 0.25) is 0 Å². The average Bonchev–Trinajstić information content (AvgIpc) is 2.46. The maximum absolute atomic E-state index is 11.9. The van der Waals surface area contributed by atoms with Crippen LogP contribution in [0.3, 0.4) is 0 Å². The molecule has 0 fully saturated rings. The predicted molar refractivity (Wildman–Crippen MR) is 76.5 cm³/mol. The van der Waals surface area contributed by atoms with E-state index in [1.165, 1.54) is 5.56 Å². The number of anilines is 1. The highest BCUT2D eigenvalue weighted by molar-refractivity contribution is 5.97. The van der Waals surface area contributed by atoms with Gasteiger partial charge in [-0.05, 0) is 36.2 Å². The maximum atomic E-state index is 11.9. The van der Waals surface area contributed by atoms with Gasteiger partial charge in [-0.25, -0.2) is 0 Å². The number of benzene rings is 2. The molecule has 0 heterocycles. The van der Waals surface area contributed by atoms with Gasteiger partial charge >= 0.3 is 0 Å². The molecule has 3 nitrogen and oxygen atoms in total. The van der Waals surface area contributed by atoms with Crippen molar-refractivity contribution in [3.05, 3.63) is 59.7 Å². The van der Waals surface area contributed by atoms with E-state index in [4.69, 9.17) is 10.5 Å². The average molecular weight is 255 g/mol. The third-order valence-corrected chi connectivity index (χ3v) is 2.93. The highest BCUT2D eigenvalue weighted by Gasteiger charge is 2.06. The molecule has 19 heavy (non-hydrogen) atoms. The lowest BCUT2D eigenvalue weighted by Gasteiger charge is -2.06. The van der Waals surface area contributed by atoms with Gasteiger partial charge in [0, 0.05) is 11.3 Å². The van der Waals surface area contributed by atoms with Crippen molar-refractivity contribution in [2.75, 3.05) is 12.3 Å². The van der Waals surface area contributed by atoms with E-state index in [1.54, 1.807) is 24.3 Å². The summed E-state index contributed by atoms with van der Waals surface area (Å²) >= 11 is 0. The SMILES string of the molecule is CCc1ccc(C(=O)COc2ccc(N)cc2)cc1. The molecular formula is C16H17NO2. The molecular weight excluding hydrogens is 238 g/mol. The quantitative estimate of drug-likeness (QED) is 0.659. The van der Waals surface area contributed by atoms with Crippen molar-refractivity contribution >= 4 is 11.5 Å². The smallest absolute Gasteiger partial charge is 0.200 e. The summed E-state index contributed by atoms with van der Waals surface area (Å²) in [5.74, 6) is 0.618. The van der Waals surface area contributed by atoms with Crippen molar-refractivity contribution < 1.29 is 9.53 Å². The first kappa shape index (κ1) is 13.1. The van der Waals surface area contributed by atoms with Gasteiger partial charge in [0.1, 0.15) is 5.75 Å². The number of hydrogen-bond acceptors (Lipinski definition) is 3. The van der Waals surface area contributed by atoms with Gasteiger partial charge in [-0.2, -0.15) is 0 Å². The minimum Gasteiger partial charge on any atom is -0.485 e. The number of carbonyl (C=O) groups excluding carboxylic acids is 1. The van der Waals surface area contributed by atoms with Crippen molar-refractivity contribution in [3.63, 3.8) is 0 Å². The summed E-state index contributed by atoms with van der Waals surface area (Å²) in [4.78, 5) is 11.9. The molecule has 3 heteroatoms. The molecule has 2 aromatic carbocycles. The molecule has 0 amide bonds. The van der Waals surface area contributed by atoms with Crippen molar-refractivity contribution in [1.82, 2.24) is 0 Å². The van der Waals surface area contributed by atoms with Crippen molar-refractivity contribution in [3.8, 4) is 5.75 Å². The van der Waals surface area contributed by atoms with Gasteiger partial charge in [-0.1, -0.05) is 31.2 Å². The molecule has 0 unspecified atom stereocenters. The molecule has 2 N–H and O–H groups in total.